The molecule has 0 atom stereocenters. The lowest BCUT2D eigenvalue weighted by atomic mass is 10.2. The number of nitrogens with zero attached hydrogens (tertiary/aromatic N) is 1. The van der Waals surface area contributed by atoms with Crippen molar-refractivity contribution in [3.63, 3.8) is 0 Å². The van der Waals surface area contributed by atoms with Crippen LogP contribution in [0.5, 0.6) is 0 Å². The van der Waals surface area contributed by atoms with Crippen LogP contribution >= 0.6 is 0 Å². The summed E-state index contributed by atoms with van der Waals surface area (Å²) in [5.41, 5.74) is 5.65. The average molecular weight is 310 g/mol. The van der Waals surface area contributed by atoms with Gasteiger partial charge in [0.1, 0.15) is 0 Å². The Morgan fingerprint density at radius 3 is 2.05 bits per heavy atom. The predicted octanol–water partition coefficient (Wildman–Crippen LogP) is 3.00. The number of carbonyl (C=O) groups is 2. The Hall–Kier alpha value is -1.88. The molecule has 0 saturated heterocycles. The first-order valence-electron chi connectivity index (χ1n) is 7.75. The van der Waals surface area contributed by atoms with Gasteiger partial charge in [0.2, 0.25) is 5.91 Å². The molecule has 0 unspecified atom stereocenters. The average Bonchev–Trinajstić information content (AvgIpc) is 2.57. The molecule has 0 aliphatic heterocycles. The molecular weight excluding hydrogens is 280 g/mol. The van der Waals surface area contributed by atoms with E-state index in [4.69, 9.17) is 10.8 Å². The highest BCUT2D eigenvalue weighted by Gasteiger charge is 2.03. The summed E-state index contributed by atoms with van der Waals surface area (Å²) >= 11 is 0. The van der Waals surface area contributed by atoms with E-state index in [1.54, 1.807) is 35.2 Å². The zero-order valence-electron chi connectivity index (χ0n) is 14.2. The van der Waals surface area contributed by atoms with Crippen molar-refractivity contribution in [2.45, 2.75) is 40.0 Å². The van der Waals surface area contributed by atoms with Crippen molar-refractivity contribution in [3.8, 4) is 0 Å². The second-order valence-corrected chi connectivity index (χ2v) is 4.34. The summed E-state index contributed by atoms with van der Waals surface area (Å²) in [7, 11) is 1.84. The summed E-state index contributed by atoms with van der Waals surface area (Å²) in [6, 6.07) is 8.30. The molecule has 0 bridgehead atoms. The van der Waals surface area contributed by atoms with Crippen LogP contribution < -0.4 is 5.73 Å². The van der Waals surface area contributed by atoms with Gasteiger partial charge < -0.3 is 15.7 Å². The third kappa shape index (κ3) is 11.9. The van der Waals surface area contributed by atoms with Crippen molar-refractivity contribution in [3.05, 3.63) is 35.9 Å². The topological polar surface area (TPSA) is 83.6 Å². The molecular formula is C17H30N2O3. The summed E-state index contributed by atoms with van der Waals surface area (Å²) < 4.78 is 0. The van der Waals surface area contributed by atoms with E-state index in [2.05, 4.69) is 0 Å². The van der Waals surface area contributed by atoms with Crippen LogP contribution in [0.2, 0.25) is 0 Å². The third-order valence-electron chi connectivity index (χ3n) is 2.70. The van der Waals surface area contributed by atoms with E-state index in [1.807, 2.05) is 27.8 Å². The van der Waals surface area contributed by atoms with Crippen molar-refractivity contribution in [2.75, 3.05) is 20.1 Å². The molecule has 0 radical (unpaired) electrons. The van der Waals surface area contributed by atoms with Gasteiger partial charge in [-0.25, -0.2) is 4.79 Å². The second kappa shape index (κ2) is 15.5. The van der Waals surface area contributed by atoms with E-state index in [9.17, 15) is 9.59 Å². The highest BCUT2D eigenvalue weighted by molar-refractivity contribution is 5.87. The predicted molar refractivity (Wildman–Crippen MR) is 91.0 cm³/mol. The quantitative estimate of drug-likeness (QED) is 0.791. The van der Waals surface area contributed by atoms with Crippen LogP contribution in [-0.2, 0) is 4.79 Å². The van der Waals surface area contributed by atoms with E-state index in [1.165, 1.54) is 0 Å². The zero-order valence-corrected chi connectivity index (χ0v) is 14.2. The highest BCUT2D eigenvalue weighted by atomic mass is 16.4. The molecule has 0 aromatic heterocycles. The van der Waals surface area contributed by atoms with Crippen molar-refractivity contribution in [2.24, 2.45) is 5.73 Å². The molecule has 1 rings (SSSR count). The first kappa shape index (κ1) is 22.4. The fourth-order valence-corrected chi connectivity index (χ4v) is 1.47. The minimum absolute atomic E-state index is 0.210. The number of hydrogen-bond donors (Lipinski definition) is 2. The van der Waals surface area contributed by atoms with Gasteiger partial charge in [-0.3, -0.25) is 4.79 Å². The van der Waals surface area contributed by atoms with Crippen LogP contribution in [-0.4, -0.2) is 42.0 Å². The van der Waals surface area contributed by atoms with Gasteiger partial charge in [0.05, 0.1) is 5.56 Å². The number of benzene rings is 1. The Balaban J connectivity index is 0. The van der Waals surface area contributed by atoms with E-state index >= 15 is 0 Å². The lowest BCUT2D eigenvalue weighted by Crippen LogP contribution is -2.27. The first-order valence-corrected chi connectivity index (χ1v) is 7.75. The van der Waals surface area contributed by atoms with Gasteiger partial charge in [0, 0.05) is 20.0 Å². The smallest absolute Gasteiger partial charge is 0.335 e. The number of amides is 1. The van der Waals surface area contributed by atoms with Gasteiger partial charge in [-0.15, -0.1) is 0 Å². The number of hydrogen-bond acceptors (Lipinski definition) is 3. The normalized spacial score (nSPS) is 8.77. The van der Waals surface area contributed by atoms with Gasteiger partial charge in [-0.1, -0.05) is 39.0 Å². The molecule has 0 aliphatic rings. The van der Waals surface area contributed by atoms with Crippen molar-refractivity contribution < 1.29 is 14.7 Å². The molecule has 0 heterocycles. The summed E-state index contributed by atoms with van der Waals surface area (Å²) in [6.07, 6.45) is 2.61. The van der Waals surface area contributed by atoms with Gasteiger partial charge in [0.15, 0.2) is 0 Å². The number of carboxylic acid groups (broad SMARTS) is 1. The molecule has 22 heavy (non-hydrogen) atoms. The maximum Gasteiger partial charge on any atom is 0.335 e. The Labute approximate surface area is 134 Å². The number of unbranched alkanes of at least 4 members (excludes halogenated alkanes) is 1. The molecule has 1 aromatic carbocycles. The molecule has 0 spiro atoms. The van der Waals surface area contributed by atoms with E-state index < -0.39 is 5.97 Å². The lowest BCUT2D eigenvalue weighted by Gasteiger charge is -2.15. The monoisotopic (exact) mass is 310 g/mol. The van der Waals surface area contributed by atoms with Crippen LogP contribution in [0.3, 0.4) is 0 Å². The fourth-order valence-electron chi connectivity index (χ4n) is 1.47. The molecule has 1 amide bonds. The first-order chi connectivity index (χ1) is 10.5. The maximum atomic E-state index is 11.0. The van der Waals surface area contributed by atoms with Crippen LogP contribution in [0.25, 0.3) is 0 Å². The standard InChI is InChI=1S/C8H18N2O.C7H6O2.C2H6/c1-3-8(11)10(2)7-5-4-6-9;8-7(9)6-4-2-1-3-5-6;1-2/h3-7,9H2,1-2H3;1-5H,(H,8,9);1-2H3. The second-order valence-electron chi connectivity index (χ2n) is 4.34. The van der Waals surface area contributed by atoms with Crippen molar-refractivity contribution >= 4 is 11.9 Å². The highest BCUT2D eigenvalue weighted by Crippen LogP contribution is 1.96. The molecule has 0 aliphatic carbocycles. The van der Waals surface area contributed by atoms with Crippen LogP contribution in [0, 0.1) is 0 Å². The number of nitrogens with two attached hydrogens (primary N) is 1. The van der Waals surface area contributed by atoms with Crippen molar-refractivity contribution in [1.29, 1.82) is 0 Å². The Kier molecular flexibility index (Phi) is 15.8. The Morgan fingerprint density at radius 1 is 1.14 bits per heavy atom. The molecule has 1 aromatic rings. The lowest BCUT2D eigenvalue weighted by molar-refractivity contribution is -0.129. The molecule has 3 N–H and O–H groups in total. The summed E-state index contributed by atoms with van der Waals surface area (Å²) in [6.45, 7) is 7.43. The minimum Gasteiger partial charge on any atom is -0.478 e. The van der Waals surface area contributed by atoms with Crippen LogP contribution in [0.1, 0.15) is 50.4 Å². The third-order valence-corrected chi connectivity index (χ3v) is 2.70. The Morgan fingerprint density at radius 2 is 1.68 bits per heavy atom. The van der Waals surface area contributed by atoms with E-state index in [-0.39, 0.29) is 5.91 Å². The SMILES string of the molecule is CC.CCC(=O)N(C)CCCCN.O=C(O)c1ccccc1. The molecule has 126 valence electrons. The van der Waals surface area contributed by atoms with Gasteiger partial charge >= 0.3 is 5.97 Å². The number of carboxylic acids is 1. The largest absolute Gasteiger partial charge is 0.478 e. The summed E-state index contributed by atoms with van der Waals surface area (Å²) in [5, 5.41) is 8.38. The molecule has 0 saturated carbocycles. The van der Waals surface area contributed by atoms with Gasteiger partial charge in [-0.2, -0.15) is 0 Å². The van der Waals surface area contributed by atoms with Gasteiger partial charge in [-0.05, 0) is 31.5 Å². The molecule has 5 nitrogen and oxygen atoms in total. The summed E-state index contributed by atoms with van der Waals surface area (Å²) in [5.74, 6) is -0.669. The van der Waals surface area contributed by atoms with E-state index in [0.717, 1.165) is 19.4 Å². The van der Waals surface area contributed by atoms with Crippen LogP contribution in [0.15, 0.2) is 30.3 Å². The maximum absolute atomic E-state index is 11.0. The number of aromatic carboxylic acids is 1. The summed E-state index contributed by atoms with van der Waals surface area (Å²) in [4.78, 5) is 23.0. The van der Waals surface area contributed by atoms with Crippen LogP contribution in [0.4, 0.5) is 0 Å². The number of carbonyl (C=O) groups excluding carboxylic acids is 1. The zero-order chi connectivity index (χ0) is 17.4. The molecule has 5 heteroatoms. The number of rotatable bonds is 6. The fraction of sp³-hybridized carbons (Fsp3) is 0.529. The molecule has 0 fully saturated rings. The van der Waals surface area contributed by atoms with Crippen molar-refractivity contribution in [1.82, 2.24) is 4.90 Å². The Bertz CT molecular complexity index is 394. The van der Waals surface area contributed by atoms with Gasteiger partial charge in [0.25, 0.3) is 0 Å². The minimum atomic E-state index is -0.879. The van der Waals surface area contributed by atoms with E-state index in [0.29, 0.717) is 18.5 Å².